The minimum absolute atomic E-state index is 0.128. The van der Waals surface area contributed by atoms with E-state index in [0.717, 1.165) is 11.3 Å². The summed E-state index contributed by atoms with van der Waals surface area (Å²) in [6.45, 7) is 0.239. The van der Waals surface area contributed by atoms with Crippen molar-refractivity contribution < 1.29 is 8.76 Å². The fourth-order valence-corrected chi connectivity index (χ4v) is 2.20. The summed E-state index contributed by atoms with van der Waals surface area (Å²) < 4.78 is 22.5. The van der Waals surface area contributed by atoms with Crippen molar-refractivity contribution in [1.82, 2.24) is 14.7 Å². The van der Waals surface area contributed by atoms with Crippen molar-refractivity contribution >= 4 is 50.3 Å². The monoisotopic (exact) mass is 376 g/mol. The molecule has 0 aliphatic heterocycles. The van der Waals surface area contributed by atoms with Crippen LogP contribution in [0.15, 0.2) is 34.9 Å². The molecule has 0 bridgehead atoms. The molecule has 1 aromatic carbocycles. The van der Waals surface area contributed by atoms with Crippen LogP contribution in [0.25, 0.3) is 0 Å². The Labute approximate surface area is 131 Å². The first kappa shape index (κ1) is 15.3. The summed E-state index contributed by atoms with van der Waals surface area (Å²) in [6, 6.07) is 7.35. The molecule has 1 unspecified atom stereocenters. The molecule has 106 valence electrons. The van der Waals surface area contributed by atoms with Crippen LogP contribution in [0.1, 0.15) is 5.56 Å². The number of aromatic nitrogens is 2. The summed E-state index contributed by atoms with van der Waals surface area (Å²) in [6.07, 6.45) is 1.54. The zero-order valence-corrected chi connectivity index (χ0v) is 13.2. The van der Waals surface area contributed by atoms with Crippen LogP contribution in [-0.4, -0.2) is 18.7 Å². The average molecular weight is 378 g/mol. The lowest BCUT2D eigenvalue weighted by molar-refractivity contribution is 0.549. The molecule has 3 N–H and O–H groups in total. The lowest BCUT2D eigenvalue weighted by Gasteiger charge is -2.12. The third kappa shape index (κ3) is 4.22. The Kier molecular flexibility index (Phi) is 5.44. The smallest absolute Gasteiger partial charge is 0.232 e. The molecule has 0 fully saturated rings. The van der Waals surface area contributed by atoms with E-state index in [0.29, 0.717) is 10.3 Å². The van der Waals surface area contributed by atoms with Crippen LogP contribution in [0.5, 0.6) is 0 Å². The third-order valence-corrected chi connectivity index (χ3v) is 3.52. The Morgan fingerprint density at radius 3 is 2.90 bits per heavy atom. The number of para-hydroxylation sites is 1. The van der Waals surface area contributed by atoms with E-state index in [1.807, 2.05) is 24.3 Å². The number of nitrogens with one attached hydrogen (secondary N) is 2. The third-order valence-electron chi connectivity index (χ3n) is 2.37. The van der Waals surface area contributed by atoms with E-state index in [9.17, 15) is 4.21 Å². The second-order valence-electron chi connectivity index (χ2n) is 3.69. The molecule has 2 aromatic rings. The van der Waals surface area contributed by atoms with E-state index in [4.69, 9.17) is 16.2 Å². The fraction of sp³-hybridized carbons (Fsp3) is 0.0909. The Bertz CT molecular complexity index is 644. The minimum atomic E-state index is -2.06. The molecule has 9 heteroatoms. The average Bonchev–Trinajstić information content (AvgIpc) is 2.42. The van der Waals surface area contributed by atoms with Crippen molar-refractivity contribution in [2.24, 2.45) is 0 Å². The van der Waals surface area contributed by atoms with Gasteiger partial charge in [0.05, 0.1) is 4.47 Å². The number of benzene rings is 1. The maximum absolute atomic E-state index is 10.7. The highest BCUT2D eigenvalue weighted by Gasteiger charge is 2.08. The summed E-state index contributed by atoms with van der Waals surface area (Å²) in [4.78, 5) is 7.92. The number of hydrogen-bond acceptors (Lipinski definition) is 4. The Morgan fingerprint density at radius 2 is 2.15 bits per heavy atom. The quantitative estimate of drug-likeness (QED) is 0.551. The summed E-state index contributed by atoms with van der Waals surface area (Å²) in [5.41, 5.74) is 1.57. The summed E-state index contributed by atoms with van der Waals surface area (Å²) in [7, 11) is 0. The maximum Gasteiger partial charge on any atom is 0.232 e. The molecule has 0 saturated heterocycles. The van der Waals surface area contributed by atoms with Crippen molar-refractivity contribution in [3.63, 3.8) is 0 Å². The predicted molar refractivity (Wildman–Crippen MR) is 82.1 cm³/mol. The van der Waals surface area contributed by atoms with Crippen molar-refractivity contribution in [2.45, 2.75) is 6.54 Å². The van der Waals surface area contributed by atoms with Crippen LogP contribution in [0.4, 0.5) is 11.5 Å². The summed E-state index contributed by atoms with van der Waals surface area (Å²) in [5.74, 6) is 0.516. The normalized spacial score (nSPS) is 12.2. The first-order valence-corrected chi connectivity index (χ1v) is 7.71. The molecule has 20 heavy (non-hydrogen) atoms. The summed E-state index contributed by atoms with van der Waals surface area (Å²) in [5, 5.41) is 3.23. The molecule has 0 amide bonds. The first-order chi connectivity index (χ1) is 9.56. The number of anilines is 2. The van der Waals surface area contributed by atoms with Gasteiger partial charge in [-0.05, 0) is 39.2 Å². The van der Waals surface area contributed by atoms with Crippen LogP contribution in [0.3, 0.4) is 0 Å². The highest BCUT2D eigenvalue weighted by molar-refractivity contribution is 9.10. The van der Waals surface area contributed by atoms with Crippen LogP contribution in [0, 0.1) is 0 Å². The van der Waals surface area contributed by atoms with Gasteiger partial charge >= 0.3 is 0 Å². The second kappa shape index (κ2) is 7.09. The molecule has 0 aliphatic carbocycles. The van der Waals surface area contributed by atoms with Crippen LogP contribution in [0.2, 0.25) is 5.28 Å². The summed E-state index contributed by atoms with van der Waals surface area (Å²) >= 11 is 7.02. The van der Waals surface area contributed by atoms with Gasteiger partial charge in [-0.3, -0.25) is 4.55 Å². The van der Waals surface area contributed by atoms with E-state index < -0.39 is 11.3 Å². The molecule has 0 radical (unpaired) electrons. The van der Waals surface area contributed by atoms with Crippen molar-refractivity contribution in [2.75, 3.05) is 5.32 Å². The highest BCUT2D eigenvalue weighted by Crippen LogP contribution is 2.26. The lowest BCUT2D eigenvalue weighted by atomic mass is 10.2. The Hall–Kier alpha value is -1.06. The van der Waals surface area contributed by atoms with Gasteiger partial charge in [-0.25, -0.2) is 13.9 Å². The molecule has 6 nitrogen and oxygen atoms in total. The fourth-order valence-electron chi connectivity index (χ4n) is 1.50. The van der Waals surface area contributed by atoms with Gasteiger partial charge < -0.3 is 5.32 Å². The minimum Gasteiger partial charge on any atom is -0.339 e. The maximum atomic E-state index is 10.7. The van der Waals surface area contributed by atoms with Gasteiger partial charge in [-0.15, -0.1) is 0 Å². The van der Waals surface area contributed by atoms with Crippen molar-refractivity contribution in [3.8, 4) is 0 Å². The largest absolute Gasteiger partial charge is 0.339 e. The molecule has 2 rings (SSSR count). The molecule has 1 atom stereocenters. The topological polar surface area (TPSA) is 87.1 Å². The molecular weight excluding hydrogens is 368 g/mol. The SMILES string of the molecule is O=S(O)NCc1ccccc1Nc1nc(Cl)ncc1Br. The standard InChI is InChI=1S/C11H10BrClN4O2S/c12-8-6-14-11(13)17-10(8)16-9-4-2-1-3-7(9)5-15-20(18)19/h1-4,6,15H,5H2,(H,18,19)(H,14,16,17). The predicted octanol–water partition coefficient (Wildman–Crippen LogP) is 2.86. The van der Waals surface area contributed by atoms with Gasteiger partial charge in [0, 0.05) is 18.4 Å². The van der Waals surface area contributed by atoms with Gasteiger partial charge in [0.15, 0.2) is 0 Å². The number of halogens is 2. The van der Waals surface area contributed by atoms with Crippen LogP contribution >= 0.6 is 27.5 Å². The van der Waals surface area contributed by atoms with E-state index in [2.05, 4.69) is 35.9 Å². The number of rotatable bonds is 5. The van der Waals surface area contributed by atoms with Gasteiger partial charge in [-0.2, -0.15) is 4.98 Å². The molecule has 1 aromatic heterocycles. The van der Waals surface area contributed by atoms with Crippen LogP contribution in [-0.2, 0) is 17.8 Å². The van der Waals surface area contributed by atoms with Gasteiger partial charge in [0.1, 0.15) is 5.82 Å². The second-order valence-corrected chi connectivity index (χ2v) is 5.67. The molecule has 0 spiro atoms. The van der Waals surface area contributed by atoms with Gasteiger partial charge in [0.25, 0.3) is 0 Å². The highest BCUT2D eigenvalue weighted by atomic mass is 79.9. The lowest BCUT2D eigenvalue weighted by Crippen LogP contribution is -2.16. The Balaban J connectivity index is 2.24. The first-order valence-electron chi connectivity index (χ1n) is 5.43. The van der Waals surface area contributed by atoms with E-state index in [1.54, 1.807) is 6.20 Å². The molecular formula is C11H10BrClN4O2S. The molecule has 1 heterocycles. The van der Waals surface area contributed by atoms with E-state index >= 15 is 0 Å². The molecule has 0 aliphatic rings. The van der Waals surface area contributed by atoms with Gasteiger partial charge in [-0.1, -0.05) is 18.2 Å². The van der Waals surface area contributed by atoms with Crippen LogP contribution < -0.4 is 10.0 Å². The van der Waals surface area contributed by atoms with E-state index in [1.165, 1.54) is 0 Å². The number of hydrogen-bond donors (Lipinski definition) is 3. The zero-order valence-electron chi connectivity index (χ0n) is 10.0. The van der Waals surface area contributed by atoms with E-state index in [-0.39, 0.29) is 11.8 Å². The number of nitrogens with zero attached hydrogens (tertiary/aromatic N) is 2. The Morgan fingerprint density at radius 1 is 1.40 bits per heavy atom. The van der Waals surface area contributed by atoms with Crippen molar-refractivity contribution in [1.29, 1.82) is 0 Å². The van der Waals surface area contributed by atoms with Gasteiger partial charge in [0.2, 0.25) is 16.6 Å². The zero-order chi connectivity index (χ0) is 14.5. The molecule has 0 saturated carbocycles. The van der Waals surface area contributed by atoms with Crippen molar-refractivity contribution in [3.05, 3.63) is 45.8 Å².